The molecule has 0 saturated heterocycles. The number of ether oxygens (including phenoxy) is 4. The Morgan fingerprint density at radius 3 is 1.42 bits per heavy atom. The van der Waals surface area contributed by atoms with Crippen LogP contribution < -0.4 is 9.47 Å². The number of esters is 1. The van der Waals surface area contributed by atoms with Crippen molar-refractivity contribution in [1.29, 1.82) is 0 Å². The molecule has 5 aromatic rings. The van der Waals surface area contributed by atoms with Gasteiger partial charge in [-0.2, -0.15) is 0 Å². The highest BCUT2D eigenvalue weighted by Crippen LogP contribution is 2.23. The molecule has 0 heterocycles. The van der Waals surface area contributed by atoms with E-state index in [0.29, 0.717) is 12.5 Å². The van der Waals surface area contributed by atoms with Crippen molar-refractivity contribution >= 4 is 5.97 Å². The van der Waals surface area contributed by atoms with Crippen molar-refractivity contribution in [3.8, 4) is 33.8 Å². The zero-order valence-corrected chi connectivity index (χ0v) is 28.1. The van der Waals surface area contributed by atoms with Crippen LogP contribution in [-0.4, -0.2) is 25.7 Å². The van der Waals surface area contributed by atoms with E-state index in [1.165, 1.54) is 23.6 Å². The highest BCUT2D eigenvalue weighted by Gasteiger charge is 2.09. The molecule has 5 heteroatoms. The van der Waals surface area contributed by atoms with Crippen molar-refractivity contribution in [3.63, 3.8) is 0 Å². The quantitative estimate of drug-likeness (QED) is 0.0886. The molecule has 0 N–H and O–H groups in total. The molecule has 254 valence electrons. The van der Waals surface area contributed by atoms with Gasteiger partial charge in [0.2, 0.25) is 6.79 Å². The molecule has 48 heavy (non-hydrogen) atoms. The third-order valence-electron chi connectivity index (χ3n) is 7.15. The van der Waals surface area contributed by atoms with Gasteiger partial charge in [-0.1, -0.05) is 150 Å². The van der Waals surface area contributed by atoms with Crippen LogP contribution in [0.2, 0.25) is 0 Å². The molecule has 1 atom stereocenters. The van der Waals surface area contributed by atoms with Gasteiger partial charge >= 0.3 is 5.97 Å². The molecule has 5 rings (SSSR count). The largest absolute Gasteiger partial charge is 0.468 e. The van der Waals surface area contributed by atoms with Gasteiger partial charge in [0.1, 0.15) is 11.5 Å². The summed E-state index contributed by atoms with van der Waals surface area (Å²) in [5.74, 6) is 1.17. The van der Waals surface area contributed by atoms with Gasteiger partial charge in [-0.15, -0.1) is 0 Å². The van der Waals surface area contributed by atoms with Gasteiger partial charge in [-0.25, -0.2) is 0 Å². The maximum Gasteiger partial charge on any atom is 0.305 e. The lowest BCUT2D eigenvalue weighted by atomic mass is 10.0. The molecule has 0 radical (unpaired) electrons. The van der Waals surface area contributed by atoms with Crippen LogP contribution >= 0.6 is 0 Å². The Balaban J connectivity index is 0.000000333. The van der Waals surface area contributed by atoms with Gasteiger partial charge in [0.15, 0.2) is 6.79 Å². The Labute approximate surface area is 288 Å². The Hall–Kier alpha value is -4.87. The second kappa shape index (κ2) is 23.4. The van der Waals surface area contributed by atoms with Gasteiger partial charge in [0.05, 0.1) is 6.10 Å². The molecular formula is C43H52O5. The Morgan fingerprint density at radius 1 is 0.562 bits per heavy atom. The first-order valence-electron chi connectivity index (χ1n) is 16.5. The van der Waals surface area contributed by atoms with Crippen LogP contribution in [0.1, 0.15) is 59.9 Å². The minimum absolute atomic E-state index is 0. The standard InChI is InChI=1S/C25H28O2.C15H14O3.C2H6.CH4/c1-2-9-24(17-14-21-10-5-3-6-11-21)26-20-27-25-18-15-23(16-19-25)22-12-7-4-8-13-22;1-12(16)17-11-18-15-9-7-14(8-10-15)13-5-3-2-4-6-13;1-2;/h3-8,10-13,15-16,18-19,24H,2,9,14,17,20H2,1H3;2-10H,11H2,1H3;1-2H3;1H4. The van der Waals surface area contributed by atoms with E-state index in [1.54, 1.807) is 0 Å². The Kier molecular flexibility index (Phi) is 19.2. The third-order valence-corrected chi connectivity index (χ3v) is 7.15. The predicted molar refractivity (Wildman–Crippen MR) is 199 cm³/mol. The van der Waals surface area contributed by atoms with E-state index in [-0.39, 0.29) is 26.3 Å². The predicted octanol–water partition coefficient (Wildman–Crippen LogP) is 11.4. The molecule has 0 amide bonds. The number of benzene rings is 5. The van der Waals surface area contributed by atoms with Crippen LogP contribution in [0, 0.1) is 0 Å². The van der Waals surface area contributed by atoms with Crippen molar-refractivity contribution in [2.24, 2.45) is 0 Å². The number of hydrogen-bond donors (Lipinski definition) is 0. The highest BCUT2D eigenvalue weighted by molar-refractivity contribution is 5.66. The molecule has 0 aliphatic carbocycles. The van der Waals surface area contributed by atoms with E-state index in [9.17, 15) is 4.79 Å². The van der Waals surface area contributed by atoms with E-state index >= 15 is 0 Å². The van der Waals surface area contributed by atoms with Crippen molar-refractivity contribution in [3.05, 3.63) is 145 Å². The van der Waals surface area contributed by atoms with E-state index in [2.05, 4.69) is 85.8 Å². The summed E-state index contributed by atoms with van der Waals surface area (Å²) < 4.78 is 21.8. The number of carbonyl (C=O) groups excluding carboxylic acids is 1. The average Bonchev–Trinajstić information content (AvgIpc) is 3.13. The van der Waals surface area contributed by atoms with Gasteiger partial charge in [-0.3, -0.25) is 4.79 Å². The Bertz CT molecular complexity index is 1500. The minimum atomic E-state index is -0.351. The smallest absolute Gasteiger partial charge is 0.305 e. The van der Waals surface area contributed by atoms with Crippen molar-refractivity contribution in [2.75, 3.05) is 13.6 Å². The third kappa shape index (κ3) is 14.7. The van der Waals surface area contributed by atoms with Gasteiger partial charge in [0, 0.05) is 6.92 Å². The lowest BCUT2D eigenvalue weighted by Gasteiger charge is -2.18. The summed E-state index contributed by atoms with van der Waals surface area (Å²) in [6.45, 7) is 7.79. The molecular weight excluding hydrogens is 596 g/mol. The summed E-state index contributed by atoms with van der Waals surface area (Å²) in [6.07, 6.45) is 4.47. The van der Waals surface area contributed by atoms with Gasteiger partial charge in [-0.05, 0) is 71.3 Å². The molecule has 0 saturated carbocycles. The fraction of sp³-hybridized carbons (Fsp3) is 0.279. The van der Waals surface area contributed by atoms with E-state index in [1.807, 2.05) is 74.5 Å². The maximum absolute atomic E-state index is 10.6. The monoisotopic (exact) mass is 648 g/mol. The normalized spacial score (nSPS) is 10.5. The topological polar surface area (TPSA) is 54.0 Å². The number of hydrogen-bond acceptors (Lipinski definition) is 5. The summed E-state index contributed by atoms with van der Waals surface area (Å²) in [6, 6.07) is 46.9. The number of rotatable bonds is 14. The maximum atomic E-state index is 10.6. The second-order valence-electron chi connectivity index (χ2n) is 10.5. The Morgan fingerprint density at radius 2 is 0.979 bits per heavy atom. The molecule has 1 unspecified atom stereocenters. The number of aryl methyl sites for hydroxylation is 1. The van der Waals surface area contributed by atoms with Gasteiger partial charge < -0.3 is 18.9 Å². The van der Waals surface area contributed by atoms with Crippen molar-refractivity contribution in [1.82, 2.24) is 0 Å². The zero-order chi connectivity index (χ0) is 33.5. The zero-order valence-electron chi connectivity index (χ0n) is 28.1. The molecule has 0 aliphatic rings. The first kappa shape index (κ1) is 39.3. The molecule has 0 bridgehead atoms. The molecule has 0 aliphatic heterocycles. The minimum Gasteiger partial charge on any atom is -0.468 e. The summed E-state index contributed by atoms with van der Waals surface area (Å²) in [5, 5.41) is 0. The second-order valence-corrected chi connectivity index (χ2v) is 10.5. The van der Waals surface area contributed by atoms with Crippen LogP contribution in [0.5, 0.6) is 11.5 Å². The lowest BCUT2D eigenvalue weighted by Crippen LogP contribution is -2.17. The highest BCUT2D eigenvalue weighted by atomic mass is 16.7. The first-order chi connectivity index (χ1) is 23.1. The molecule has 5 aromatic carbocycles. The van der Waals surface area contributed by atoms with Crippen molar-refractivity contribution in [2.45, 2.75) is 66.9 Å². The first-order valence-corrected chi connectivity index (χ1v) is 16.5. The van der Waals surface area contributed by atoms with Crippen LogP contribution in [-0.2, 0) is 20.7 Å². The molecule has 0 aromatic heterocycles. The molecule has 5 nitrogen and oxygen atoms in total. The summed E-state index contributed by atoms with van der Waals surface area (Å²) >= 11 is 0. The van der Waals surface area contributed by atoms with Crippen LogP contribution in [0.4, 0.5) is 0 Å². The van der Waals surface area contributed by atoms with Crippen molar-refractivity contribution < 1.29 is 23.7 Å². The van der Waals surface area contributed by atoms with E-state index in [4.69, 9.17) is 18.9 Å². The lowest BCUT2D eigenvalue weighted by molar-refractivity contribution is -0.147. The molecule has 0 fully saturated rings. The van der Waals surface area contributed by atoms with Gasteiger partial charge in [0.25, 0.3) is 0 Å². The van der Waals surface area contributed by atoms with Crippen LogP contribution in [0.3, 0.4) is 0 Å². The fourth-order valence-corrected chi connectivity index (χ4v) is 4.73. The van der Waals surface area contributed by atoms with Crippen LogP contribution in [0.15, 0.2) is 140 Å². The summed E-state index contributed by atoms with van der Waals surface area (Å²) in [4.78, 5) is 10.6. The SMILES string of the molecule is C.CC.CC(=O)OCOc1ccc(-c2ccccc2)cc1.CCCC(CCc1ccccc1)OCOc1ccc(-c2ccccc2)cc1. The van der Waals surface area contributed by atoms with E-state index < -0.39 is 0 Å². The summed E-state index contributed by atoms with van der Waals surface area (Å²) in [5.41, 5.74) is 6.04. The van der Waals surface area contributed by atoms with E-state index in [0.717, 1.165) is 42.6 Å². The summed E-state index contributed by atoms with van der Waals surface area (Å²) in [7, 11) is 0. The average molecular weight is 649 g/mol. The number of carbonyl (C=O) groups is 1. The van der Waals surface area contributed by atoms with Crippen LogP contribution in [0.25, 0.3) is 22.3 Å². The fourth-order valence-electron chi connectivity index (χ4n) is 4.73. The molecule has 0 spiro atoms.